The van der Waals surface area contributed by atoms with E-state index in [0.29, 0.717) is 35.7 Å². The maximum Gasteiger partial charge on any atom is 0.329 e. The second-order valence-electron chi connectivity index (χ2n) is 8.66. The minimum absolute atomic E-state index is 0.298. The lowest BCUT2D eigenvalue weighted by Crippen LogP contribution is -3.07. The molecule has 0 spiro atoms. The summed E-state index contributed by atoms with van der Waals surface area (Å²) in [7, 11) is 3.62. The van der Waals surface area contributed by atoms with E-state index >= 15 is 0 Å². The van der Waals surface area contributed by atoms with Crippen LogP contribution in [0, 0.1) is 0 Å². The summed E-state index contributed by atoms with van der Waals surface area (Å²) in [4.78, 5) is 29.0. The van der Waals surface area contributed by atoms with E-state index in [1.165, 1.54) is 17.6 Å². The highest BCUT2D eigenvalue weighted by Gasteiger charge is 2.51. The zero-order valence-corrected chi connectivity index (χ0v) is 20.0. The third-order valence-electron chi connectivity index (χ3n) is 6.11. The Balaban J connectivity index is 1.51. The van der Waals surface area contributed by atoms with Crippen molar-refractivity contribution in [3.8, 4) is 5.75 Å². The number of methoxy groups -OCH3 is 1. The van der Waals surface area contributed by atoms with Crippen LogP contribution in [0.4, 0.5) is 16.2 Å². The quantitative estimate of drug-likeness (QED) is 0.357. The summed E-state index contributed by atoms with van der Waals surface area (Å²) in [6.45, 7) is 2.09. The van der Waals surface area contributed by atoms with Crippen LogP contribution in [0.2, 0.25) is 0 Å². The SMILES string of the molecule is COc1cccc(N2C(=O)Nc3ccccc3C2(O)C(=O)NCCC[NH+](C)Cc2ccccc2)c1. The van der Waals surface area contributed by atoms with E-state index in [2.05, 4.69) is 29.8 Å². The van der Waals surface area contributed by atoms with Crippen LogP contribution in [0.5, 0.6) is 5.75 Å². The summed E-state index contributed by atoms with van der Waals surface area (Å²) >= 11 is 0. The summed E-state index contributed by atoms with van der Waals surface area (Å²) in [6, 6.07) is 23.1. The third-order valence-corrected chi connectivity index (χ3v) is 6.11. The van der Waals surface area contributed by atoms with Crippen molar-refractivity contribution in [1.29, 1.82) is 0 Å². The number of rotatable bonds is 9. The topological polar surface area (TPSA) is 95.3 Å². The van der Waals surface area contributed by atoms with Crippen molar-refractivity contribution in [1.82, 2.24) is 5.32 Å². The number of fused-ring (bicyclic) bond motifs is 1. The van der Waals surface area contributed by atoms with Gasteiger partial charge in [0.1, 0.15) is 12.3 Å². The van der Waals surface area contributed by atoms with Gasteiger partial charge < -0.3 is 25.4 Å². The molecule has 0 aromatic heterocycles. The number of anilines is 2. The maximum atomic E-state index is 13.5. The molecule has 0 fully saturated rings. The number of urea groups is 1. The molecule has 4 rings (SSSR count). The molecular weight excluding hydrogens is 444 g/mol. The van der Waals surface area contributed by atoms with E-state index in [-0.39, 0.29) is 0 Å². The van der Waals surface area contributed by atoms with Crippen molar-refractivity contribution >= 4 is 23.3 Å². The number of nitrogens with zero attached hydrogens (tertiary/aromatic N) is 1. The minimum atomic E-state index is -2.23. The van der Waals surface area contributed by atoms with Crippen LogP contribution in [-0.2, 0) is 17.1 Å². The molecule has 3 aromatic rings. The van der Waals surface area contributed by atoms with E-state index in [0.717, 1.165) is 18.0 Å². The molecule has 8 heteroatoms. The molecular formula is C27H31N4O4+. The van der Waals surface area contributed by atoms with E-state index in [9.17, 15) is 14.7 Å². The van der Waals surface area contributed by atoms with Gasteiger partial charge in [-0.15, -0.1) is 0 Å². The fourth-order valence-electron chi connectivity index (χ4n) is 4.36. The molecule has 0 aliphatic carbocycles. The Bertz CT molecular complexity index is 1190. The van der Waals surface area contributed by atoms with Crippen LogP contribution in [0.3, 0.4) is 0 Å². The van der Waals surface area contributed by atoms with Gasteiger partial charge in [-0.05, 0) is 18.2 Å². The van der Waals surface area contributed by atoms with Gasteiger partial charge in [-0.3, -0.25) is 9.69 Å². The summed E-state index contributed by atoms with van der Waals surface area (Å²) in [5.74, 6) is -0.162. The Morgan fingerprint density at radius 2 is 1.83 bits per heavy atom. The fourth-order valence-corrected chi connectivity index (χ4v) is 4.36. The van der Waals surface area contributed by atoms with Crippen LogP contribution in [0.1, 0.15) is 17.5 Å². The average molecular weight is 476 g/mol. The molecule has 1 heterocycles. The van der Waals surface area contributed by atoms with Gasteiger partial charge in [-0.2, -0.15) is 0 Å². The van der Waals surface area contributed by atoms with Gasteiger partial charge in [0.25, 0.3) is 11.6 Å². The van der Waals surface area contributed by atoms with Gasteiger partial charge in [0.05, 0.1) is 32.1 Å². The highest BCUT2D eigenvalue weighted by Crippen LogP contribution is 2.40. The van der Waals surface area contributed by atoms with Crippen LogP contribution in [-0.4, -0.2) is 44.3 Å². The second kappa shape index (κ2) is 10.6. The highest BCUT2D eigenvalue weighted by atomic mass is 16.5. The van der Waals surface area contributed by atoms with Crippen molar-refractivity contribution in [2.75, 3.05) is 37.5 Å². The molecule has 4 N–H and O–H groups in total. The Morgan fingerprint density at radius 1 is 1.09 bits per heavy atom. The van der Waals surface area contributed by atoms with Crippen molar-refractivity contribution < 1.29 is 24.3 Å². The zero-order valence-electron chi connectivity index (χ0n) is 20.0. The predicted molar refractivity (Wildman–Crippen MR) is 134 cm³/mol. The van der Waals surface area contributed by atoms with Gasteiger partial charge in [0.2, 0.25) is 0 Å². The molecule has 0 saturated heterocycles. The van der Waals surface area contributed by atoms with E-state index < -0.39 is 17.7 Å². The number of quaternary nitrogens is 1. The first-order valence-corrected chi connectivity index (χ1v) is 11.6. The van der Waals surface area contributed by atoms with Crippen molar-refractivity contribution in [3.63, 3.8) is 0 Å². The summed E-state index contributed by atoms with van der Waals surface area (Å²) in [6.07, 6.45) is 0.716. The molecule has 3 amide bonds. The maximum absolute atomic E-state index is 13.5. The lowest BCUT2D eigenvalue weighted by atomic mass is 9.94. The Labute approximate surface area is 205 Å². The molecule has 35 heavy (non-hydrogen) atoms. The summed E-state index contributed by atoms with van der Waals surface area (Å²) in [5.41, 5.74) is 0.0462. The average Bonchev–Trinajstić information content (AvgIpc) is 2.87. The number of hydrogen-bond acceptors (Lipinski definition) is 4. The molecule has 3 aromatic carbocycles. The first-order chi connectivity index (χ1) is 16.9. The molecule has 2 atom stereocenters. The Morgan fingerprint density at radius 3 is 2.60 bits per heavy atom. The van der Waals surface area contributed by atoms with Crippen molar-refractivity contribution in [3.05, 3.63) is 90.0 Å². The predicted octanol–water partition coefficient (Wildman–Crippen LogP) is 2.11. The number of carbonyl (C=O) groups excluding carboxylic acids is 2. The largest absolute Gasteiger partial charge is 0.497 e. The zero-order chi connectivity index (χ0) is 24.8. The monoisotopic (exact) mass is 475 g/mol. The van der Waals surface area contributed by atoms with Crippen LogP contribution < -0.4 is 25.2 Å². The fraction of sp³-hybridized carbons (Fsp3) is 0.259. The first kappa shape index (κ1) is 24.3. The molecule has 1 aliphatic rings. The third kappa shape index (κ3) is 5.13. The lowest BCUT2D eigenvalue weighted by molar-refractivity contribution is -0.893. The van der Waals surface area contributed by atoms with Gasteiger partial charge in [-0.1, -0.05) is 54.6 Å². The standard InChI is InChI=1S/C27H30N4O4/c1-30(19-20-10-4-3-5-11-20)17-9-16-28-25(32)27(34)23-14-6-7-15-24(23)29-26(33)31(27)21-12-8-13-22(18-21)35-2/h3-8,10-15,18,34H,9,16-17,19H2,1-2H3,(H,28,32)(H,29,33)/p+1. The molecule has 182 valence electrons. The van der Waals surface area contributed by atoms with Gasteiger partial charge >= 0.3 is 6.03 Å². The molecule has 2 unspecified atom stereocenters. The number of benzene rings is 3. The van der Waals surface area contributed by atoms with Gasteiger partial charge in [-0.25, -0.2) is 4.79 Å². The number of para-hydroxylation sites is 1. The van der Waals surface area contributed by atoms with E-state index in [1.54, 1.807) is 48.5 Å². The lowest BCUT2D eigenvalue weighted by Gasteiger charge is -2.42. The van der Waals surface area contributed by atoms with Crippen LogP contribution in [0.25, 0.3) is 0 Å². The molecule has 0 radical (unpaired) electrons. The van der Waals surface area contributed by atoms with Gasteiger partial charge in [0.15, 0.2) is 0 Å². The number of nitrogens with one attached hydrogen (secondary N) is 3. The normalized spacial score (nSPS) is 17.8. The number of ether oxygens (including phenoxy) is 1. The molecule has 1 aliphatic heterocycles. The van der Waals surface area contributed by atoms with Crippen LogP contribution in [0.15, 0.2) is 78.9 Å². The summed E-state index contributed by atoms with van der Waals surface area (Å²) in [5, 5.41) is 17.5. The summed E-state index contributed by atoms with van der Waals surface area (Å²) < 4.78 is 5.28. The Hall–Kier alpha value is -3.88. The van der Waals surface area contributed by atoms with E-state index in [4.69, 9.17) is 4.74 Å². The highest BCUT2D eigenvalue weighted by molar-refractivity contribution is 6.11. The minimum Gasteiger partial charge on any atom is -0.497 e. The van der Waals surface area contributed by atoms with E-state index in [1.807, 2.05) is 18.2 Å². The molecule has 0 bridgehead atoms. The number of amides is 3. The van der Waals surface area contributed by atoms with Crippen molar-refractivity contribution in [2.45, 2.75) is 18.7 Å². The van der Waals surface area contributed by atoms with Crippen molar-refractivity contribution in [2.24, 2.45) is 0 Å². The van der Waals surface area contributed by atoms with Gasteiger partial charge in [0, 0.05) is 30.2 Å². The Kier molecular flexibility index (Phi) is 7.33. The molecule has 8 nitrogen and oxygen atoms in total. The number of hydrogen-bond donors (Lipinski definition) is 4. The second-order valence-corrected chi connectivity index (χ2v) is 8.66. The number of aliphatic hydroxyl groups is 1. The molecule has 0 saturated carbocycles. The van der Waals surface area contributed by atoms with Crippen LogP contribution >= 0.6 is 0 Å². The number of carbonyl (C=O) groups is 2. The smallest absolute Gasteiger partial charge is 0.329 e. The first-order valence-electron chi connectivity index (χ1n) is 11.6.